The molecule has 0 bridgehead atoms. The summed E-state index contributed by atoms with van der Waals surface area (Å²) < 4.78 is 10.8. The molecule has 3 rings (SSSR count). The molecule has 1 saturated heterocycles. The number of rotatable bonds is 5. The van der Waals surface area contributed by atoms with Crippen LogP contribution in [-0.2, 0) is 4.74 Å². The molecule has 2 aromatic heterocycles. The zero-order valence-electron chi connectivity index (χ0n) is 14.3. The molecule has 0 spiro atoms. The second-order valence-corrected chi connectivity index (χ2v) is 6.48. The van der Waals surface area contributed by atoms with Crippen molar-refractivity contribution in [3.63, 3.8) is 0 Å². The number of hydrogen-bond donors (Lipinski definition) is 2. The lowest BCUT2D eigenvalue weighted by molar-refractivity contribution is 0.0467. The highest BCUT2D eigenvalue weighted by Crippen LogP contribution is 2.30. The lowest BCUT2D eigenvalue weighted by Crippen LogP contribution is -2.36. The first kappa shape index (κ1) is 17.3. The number of aromatic nitrogens is 3. The lowest BCUT2D eigenvalue weighted by atomic mass is 9.91. The Labute approximate surface area is 145 Å². The minimum absolute atomic E-state index is 0.0600. The summed E-state index contributed by atoms with van der Waals surface area (Å²) in [5, 5.41) is 16.5. The molecule has 1 aliphatic rings. The van der Waals surface area contributed by atoms with E-state index in [1.54, 1.807) is 0 Å². The van der Waals surface area contributed by atoms with Gasteiger partial charge < -0.3 is 19.7 Å². The van der Waals surface area contributed by atoms with Crippen molar-refractivity contribution in [3.05, 3.63) is 35.7 Å². The van der Waals surface area contributed by atoms with E-state index in [9.17, 15) is 9.90 Å². The van der Waals surface area contributed by atoms with Gasteiger partial charge in [0.25, 0.3) is 5.91 Å². The third-order valence-electron chi connectivity index (χ3n) is 4.25. The van der Waals surface area contributed by atoms with E-state index < -0.39 is 6.04 Å². The maximum absolute atomic E-state index is 12.6. The molecule has 1 amide bonds. The van der Waals surface area contributed by atoms with Crippen LogP contribution in [0.3, 0.4) is 0 Å². The van der Waals surface area contributed by atoms with E-state index in [-0.39, 0.29) is 29.1 Å². The topological polar surface area (TPSA) is 110 Å². The lowest BCUT2D eigenvalue weighted by Gasteiger charge is -2.28. The molecule has 25 heavy (non-hydrogen) atoms. The molecule has 1 atom stereocenters. The number of carbonyl (C=O) groups excluding carboxylic acids is 1. The second-order valence-electron chi connectivity index (χ2n) is 6.48. The number of hydrogen-bond acceptors (Lipinski definition) is 7. The average Bonchev–Trinajstić information content (AvgIpc) is 3.10. The van der Waals surface area contributed by atoms with Crippen LogP contribution in [0.2, 0.25) is 0 Å². The molecule has 8 nitrogen and oxygen atoms in total. The average molecular weight is 346 g/mol. The van der Waals surface area contributed by atoms with Gasteiger partial charge in [-0.15, -0.1) is 0 Å². The van der Waals surface area contributed by atoms with Crippen molar-refractivity contribution >= 4 is 5.91 Å². The van der Waals surface area contributed by atoms with Crippen LogP contribution >= 0.6 is 0 Å². The van der Waals surface area contributed by atoms with Crippen molar-refractivity contribution in [1.82, 2.24) is 20.4 Å². The van der Waals surface area contributed by atoms with E-state index in [4.69, 9.17) is 9.26 Å². The summed E-state index contributed by atoms with van der Waals surface area (Å²) in [5.41, 5.74) is 0.278. The molecular formula is C17H22N4O4. The fourth-order valence-corrected chi connectivity index (χ4v) is 2.81. The third-order valence-corrected chi connectivity index (χ3v) is 4.25. The Hall–Kier alpha value is -2.48. The summed E-state index contributed by atoms with van der Waals surface area (Å²) in [6.07, 6.45) is 4.27. The molecule has 8 heteroatoms. The number of nitrogens with zero attached hydrogens (tertiary/aromatic N) is 3. The smallest absolute Gasteiger partial charge is 0.253 e. The maximum Gasteiger partial charge on any atom is 0.253 e. The van der Waals surface area contributed by atoms with Gasteiger partial charge in [0.05, 0.1) is 11.8 Å². The van der Waals surface area contributed by atoms with Crippen molar-refractivity contribution in [2.24, 2.45) is 5.92 Å². The highest BCUT2D eigenvalue weighted by molar-refractivity contribution is 5.94. The number of ether oxygens (including phenoxy) is 1. The molecule has 1 fully saturated rings. The Morgan fingerprint density at radius 1 is 1.32 bits per heavy atom. The van der Waals surface area contributed by atoms with E-state index in [0.717, 1.165) is 12.8 Å². The number of carbonyl (C=O) groups is 1. The summed E-state index contributed by atoms with van der Waals surface area (Å²) in [5.74, 6) is 0.888. The Bertz CT molecular complexity index is 725. The summed E-state index contributed by atoms with van der Waals surface area (Å²) in [6, 6.07) is 0.968. The minimum Gasteiger partial charge on any atom is -0.506 e. The van der Waals surface area contributed by atoms with Gasteiger partial charge in [-0.2, -0.15) is 4.98 Å². The van der Waals surface area contributed by atoms with Crippen LogP contribution in [0.15, 0.2) is 23.0 Å². The van der Waals surface area contributed by atoms with Crippen LogP contribution in [0.5, 0.6) is 5.75 Å². The summed E-state index contributed by atoms with van der Waals surface area (Å²) in [6.45, 7) is 5.23. The predicted octanol–water partition coefficient (Wildman–Crippen LogP) is 2.19. The fourth-order valence-electron chi connectivity index (χ4n) is 2.81. The van der Waals surface area contributed by atoms with Gasteiger partial charge in [-0.25, -0.2) is 0 Å². The SMILES string of the molecule is CC(C)c1noc(C(NC(=O)c2cncc(O)c2)C2CCOCC2)n1. The molecule has 1 unspecified atom stereocenters. The Morgan fingerprint density at radius 3 is 2.72 bits per heavy atom. The van der Waals surface area contributed by atoms with Crippen LogP contribution in [0.1, 0.15) is 60.7 Å². The first-order chi connectivity index (χ1) is 12.0. The maximum atomic E-state index is 12.6. The molecule has 1 aliphatic heterocycles. The first-order valence-corrected chi connectivity index (χ1v) is 8.40. The highest BCUT2D eigenvalue weighted by Gasteiger charge is 2.32. The van der Waals surface area contributed by atoms with Gasteiger partial charge in [0.1, 0.15) is 11.8 Å². The van der Waals surface area contributed by atoms with Crippen LogP contribution in [0.25, 0.3) is 0 Å². The number of aromatic hydroxyl groups is 1. The fraction of sp³-hybridized carbons (Fsp3) is 0.529. The molecule has 2 aromatic rings. The van der Waals surface area contributed by atoms with E-state index in [0.29, 0.717) is 24.9 Å². The van der Waals surface area contributed by atoms with Gasteiger partial charge in [-0.1, -0.05) is 19.0 Å². The molecular weight excluding hydrogens is 324 g/mol. The monoisotopic (exact) mass is 346 g/mol. The van der Waals surface area contributed by atoms with E-state index >= 15 is 0 Å². The summed E-state index contributed by atoms with van der Waals surface area (Å²) in [4.78, 5) is 20.9. The first-order valence-electron chi connectivity index (χ1n) is 8.40. The van der Waals surface area contributed by atoms with Crippen LogP contribution < -0.4 is 5.32 Å². The van der Waals surface area contributed by atoms with Crippen LogP contribution in [0.4, 0.5) is 0 Å². The van der Waals surface area contributed by atoms with Gasteiger partial charge in [-0.05, 0) is 24.8 Å². The predicted molar refractivity (Wildman–Crippen MR) is 88.0 cm³/mol. The number of nitrogens with one attached hydrogen (secondary N) is 1. The second kappa shape index (κ2) is 7.60. The van der Waals surface area contributed by atoms with Crippen LogP contribution in [0, 0.1) is 5.92 Å². The molecule has 134 valence electrons. The molecule has 0 aromatic carbocycles. The van der Waals surface area contributed by atoms with Crippen LogP contribution in [-0.4, -0.2) is 39.4 Å². The van der Waals surface area contributed by atoms with Gasteiger partial charge in [0.15, 0.2) is 5.82 Å². The summed E-state index contributed by atoms with van der Waals surface area (Å²) in [7, 11) is 0. The molecule has 0 saturated carbocycles. The van der Waals surface area contributed by atoms with Gasteiger partial charge in [0.2, 0.25) is 5.89 Å². The van der Waals surface area contributed by atoms with E-state index in [1.807, 2.05) is 13.8 Å². The van der Waals surface area contributed by atoms with E-state index in [2.05, 4.69) is 20.4 Å². The zero-order valence-corrected chi connectivity index (χ0v) is 14.3. The Kier molecular flexibility index (Phi) is 5.28. The number of amides is 1. The van der Waals surface area contributed by atoms with Gasteiger partial charge in [-0.3, -0.25) is 9.78 Å². The minimum atomic E-state index is -0.404. The van der Waals surface area contributed by atoms with Gasteiger partial charge >= 0.3 is 0 Å². The molecule has 2 N–H and O–H groups in total. The number of pyridine rings is 1. The van der Waals surface area contributed by atoms with Crippen molar-refractivity contribution in [1.29, 1.82) is 0 Å². The molecule has 3 heterocycles. The Morgan fingerprint density at radius 2 is 2.08 bits per heavy atom. The van der Waals surface area contributed by atoms with Crippen molar-refractivity contribution in [3.8, 4) is 5.75 Å². The van der Waals surface area contributed by atoms with Crippen molar-refractivity contribution < 1.29 is 19.2 Å². The van der Waals surface area contributed by atoms with Crippen molar-refractivity contribution in [2.75, 3.05) is 13.2 Å². The zero-order chi connectivity index (χ0) is 17.8. The van der Waals surface area contributed by atoms with Crippen molar-refractivity contribution in [2.45, 2.75) is 38.6 Å². The quantitative estimate of drug-likeness (QED) is 0.853. The molecule has 0 aliphatic carbocycles. The van der Waals surface area contributed by atoms with Gasteiger partial charge in [0, 0.05) is 25.3 Å². The third kappa shape index (κ3) is 4.14. The standard InChI is InChI=1S/C17H22N4O4/c1-10(2)15-20-17(25-21-15)14(11-3-5-24-6-4-11)19-16(23)12-7-13(22)9-18-8-12/h7-11,14,22H,3-6H2,1-2H3,(H,19,23). The largest absolute Gasteiger partial charge is 0.506 e. The Balaban J connectivity index is 1.83. The molecule has 0 radical (unpaired) electrons. The van der Waals surface area contributed by atoms with E-state index in [1.165, 1.54) is 18.5 Å². The highest BCUT2D eigenvalue weighted by atomic mass is 16.5. The normalized spacial score (nSPS) is 16.8. The summed E-state index contributed by atoms with van der Waals surface area (Å²) >= 11 is 0.